The summed E-state index contributed by atoms with van der Waals surface area (Å²) >= 11 is 0. The van der Waals surface area contributed by atoms with E-state index in [4.69, 9.17) is 5.11 Å². The van der Waals surface area contributed by atoms with Crippen LogP contribution in [0, 0.1) is 5.92 Å². The van der Waals surface area contributed by atoms with E-state index < -0.39 is 11.5 Å². The smallest absolute Gasteiger partial charge is 0.324 e. The van der Waals surface area contributed by atoms with Gasteiger partial charge in [-0.15, -0.1) is 12.4 Å². The Bertz CT molecular complexity index is 209. The van der Waals surface area contributed by atoms with Crippen LogP contribution in [0.1, 0.15) is 19.8 Å². The van der Waals surface area contributed by atoms with Gasteiger partial charge in [0.15, 0.2) is 0 Å². The minimum Gasteiger partial charge on any atom is -0.480 e. The third-order valence-electron chi connectivity index (χ3n) is 3.14. The molecule has 2 rings (SSSR count). The van der Waals surface area contributed by atoms with Crippen molar-refractivity contribution < 1.29 is 9.90 Å². The average molecular weight is 192 g/mol. The zero-order chi connectivity index (χ0) is 8.06. The molecule has 0 aromatic heterocycles. The number of aliphatic carboxylic acids is 1. The number of carbonyl (C=O) groups is 1. The first-order chi connectivity index (χ1) is 5.21. The number of rotatable bonds is 2. The summed E-state index contributed by atoms with van der Waals surface area (Å²) in [5, 5.41) is 8.97. The molecule has 3 nitrogen and oxygen atoms in total. The van der Waals surface area contributed by atoms with Crippen molar-refractivity contribution in [3.63, 3.8) is 0 Å². The molecule has 1 aliphatic heterocycles. The van der Waals surface area contributed by atoms with Crippen LogP contribution >= 0.6 is 12.4 Å². The number of carboxylic acid groups (broad SMARTS) is 1. The van der Waals surface area contributed by atoms with E-state index in [9.17, 15) is 4.79 Å². The first-order valence-electron chi connectivity index (χ1n) is 4.20. The van der Waals surface area contributed by atoms with Crippen LogP contribution in [0.5, 0.6) is 0 Å². The second-order valence-electron chi connectivity index (χ2n) is 3.50. The number of fused-ring (bicyclic) bond motifs is 1. The van der Waals surface area contributed by atoms with Gasteiger partial charge in [0.2, 0.25) is 0 Å². The minimum atomic E-state index is -0.609. The van der Waals surface area contributed by atoms with Crippen LogP contribution in [0.25, 0.3) is 0 Å². The predicted molar refractivity (Wildman–Crippen MR) is 47.6 cm³/mol. The molecule has 1 heterocycles. The van der Waals surface area contributed by atoms with Crippen molar-refractivity contribution in [2.45, 2.75) is 25.3 Å². The topological polar surface area (TPSA) is 40.5 Å². The number of hydrogen-bond acceptors (Lipinski definition) is 2. The van der Waals surface area contributed by atoms with Gasteiger partial charge in [0.05, 0.1) is 0 Å². The lowest BCUT2D eigenvalue weighted by atomic mass is 10.2. The second kappa shape index (κ2) is 2.89. The molecule has 0 aromatic rings. The molecule has 0 bridgehead atoms. The van der Waals surface area contributed by atoms with E-state index in [1.165, 1.54) is 0 Å². The van der Waals surface area contributed by atoms with E-state index in [1.807, 2.05) is 6.92 Å². The Morgan fingerprint density at radius 2 is 2.42 bits per heavy atom. The summed E-state index contributed by atoms with van der Waals surface area (Å²) in [5.41, 5.74) is -0.422. The minimum absolute atomic E-state index is 0. The lowest BCUT2D eigenvalue weighted by Gasteiger charge is -2.22. The Morgan fingerprint density at radius 1 is 1.75 bits per heavy atom. The Hall–Kier alpha value is -0.280. The van der Waals surface area contributed by atoms with E-state index in [1.54, 1.807) is 0 Å². The Labute approximate surface area is 78.2 Å². The molecule has 2 atom stereocenters. The highest BCUT2D eigenvalue weighted by Gasteiger charge is 2.66. The van der Waals surface area contributed by atoms with Gasteiger partial charge in [0.1, 0.15) is 5.54 Å². The van der Waals surface area contributed by atoms with Gasteiger partial charge in [-0.1, -0.05) is 6.92 Å². The fraction of sp³-hybridized carbons (Fsp3) is 0.875. The summed E-state index contributed by atoms with van der Waals surface area (Å²) in [6.45, 7) is 3.89. The molecule has 1 N–H and O–H groups in total. The highest BCUT2D eigenvalue weighted by atomic mass is 35.5. The average Bonchev–Trinajstić information content (AvgIpc) is 2.60. The Morgan fingerprint density at radius 3 is 2.75 bits per heavy atom. The normalized spacial score (nSPS) is 38.6. The molecule has 2 aliphatic rings. The van der Waals surface area contributed by atoms with Crippen molar-refractivity contribution in [3.05, 3.63) is 0 Å². The molecule has 0 aromatic carbocycles. The summed E-state index contributed by atoms with van der Waals surface area (Å²) < 4.78 is 0. The number of likely N-dealkylation sites (tertiary alicyclic amines) is 1. The Balaban J connectivity index is 0.000000720. The molecule has 0 radical (unpaired) electrons. The van der Waals surface area contributed by atoms with E-state index in [0.717, 1.165) is 25.9 Å². The van der Waals surface area contributed by atoms with Gasteiger partial charge < -0.3 is 5.11 Å². The van der Waals surface area contributed by atoms with Crippen LogP contribution in [0.4, 0.5) is 0 Å². The number of nitrogens with zero attached hydrogens (tertiary/aromatic N) is 1. The summed E-state index contributed by atoms with van der Waals surface area (Å²) in [4.78, 5) is 13.0. The van der Waals surface area contributed by atoms with Gasteiger partial charge in [-0.3, -0.25) is 9.69 Å². The van der Waals surface area contributed by atoms with Gasteiger partial charge in [0.25, 0.3) is 0 Å². The van der Waals surface area contributed by atoms with Crippen molar-refractivity contribution in [2.75, 3.05) is 13.1 Å². The molecular weight excluding hydrogens is 178 g/mol. The highest BCUT2D eigenvalue weighted by Crippen LogP contribution is 2.55. The van der Waals surface area contributed by atoms with Crippen LogP contribution in [-0.4, -0.2) is 34.6 Å². The molecule has 70 valence electrons. The van der Waals surface area contributed by atoms with Crippen LogP contribution in [0.2, 0.25) is 0 Å². The standard InChI is InChI=1S/C8H13NO2.ClH/c1-2-9-4-3-6-5-8(6,9)7(10)11;/h6H,2-5H2,1H3,(H,10,11);1H/t6-,8+;/m1./s1. The van der Waals surface area contributed by atoms with E-state index in [-0.39, 0.29) is 12.4 Å². The van der Waals surface area contributed by atoms with Gasteiger partial charge >= 0.3 is 5.97 Å². The monoisotopic (exact) mass is 191 g/mol. The predicted octanol–water partition coefficient (Wildman–Crippen LogP) is 0.977. The van der Waals surface area contributed by atoms with Crippen LogP contribution in [0.3, 0.4) is 0 Å². The SMILES string of the molecule is CCN1CC[C@@H]2C[C@@]21C(=O)O.Cl. The summed E-state index contributed by atoms with van der Waals surface area (Å²) in [6, 6.07) is 0. The number of halogens is 1. The lowest BCUT2D eigenvalue weighted by molar-refractivity contribution is -0.144. The zero-order valence-electron chi connectivity index (χ0n) is 7.12. The van der Waals surface area contributed by atoms with Crippen molar-refractivity contribution in [3.8, 4) is 0 Å². The summed E-state index contributed by atoms with van der Waals surface area (Å²) in [7, 11) is 0. The zero-order valence-corrected chi connectivity index (χ0v) is 7.93. The molecule has 0 amide bonds. The first kappa shape index (κ1) is 9.81. The maximum absolute atomic E-state index is 10.9. The van der Waals surface area contributed by atoms with Crippen molar-refractivity contribution in [1.82, 2.24) is 4.90 Å². The van der Waals surface area contributed by atoms with E-state index in [0.29, 0.717) is 5.92 Å². The molecule has 12 heavy (non-hydrogen) atoms. The fourth-order valence-electron chi connectivity index (χ4n) is 2.39. The third kappa shape index (κ3) is 0.962. The van der Waals surface area contributed by atoms with Gasteiger partial charge in [-0.05, 0) is 31.8 Å². The molecule has 2 fully saturated rings. The number of hydrogen-bond donors (Lipinski definition) is 1. The highest BCUT2D eigenvalue weighted by molar-refractivity contribution is 5.85. The van der Waals surface area contributed by atoms with Crippen LogP contribution in [-0.2, 0) is 4.79 Å². The van der Waals surface area contributed by atoms with Crippen LogP contribution in [0.15, 0.2) is 0 Å². The first-order valence-corrected chi connectivity index (χ1v) is 4.20. The number of carboxylic acids is 1. The Kier molecular flexibility index (Phi) is 2.36. The molecule has 0 unspecified atom stereocenters. The number of piperidine rings is 1. The third-order valence-corrected chi connectivity index (χ3v) is 3.14. The number of likely N-dealkylation sites (N-methyl/N-ethyl adjacent to an activating group) is 1. The second-order valence-corrected chi connectivity index (χ2v) is 3.50. The lowest BCUT2D eigenvalue weighted by Crippen LogP contribution is -2.41. The molecule has 1 saturated heterocycles. The van der Waals surface area contributed by atoms with Crippen LogP contribution < -0.4 is 0 Å². The maximum Gasteiger partial charge on any atom is 0.324 e. The fourth-order valence-corrected chi connectivity index (χ4v) is 2.39. The van der Waals surface area contributed by atoms with E-state index >= 15 is 0 Å². The summed E-state index contributed by atoms with van der Waals surface area (Å²) in [6.07, 6.45) is 1.97. The largest absolute Gasteiger partial charge is 0.480 e. The maximum atomic E-state index is 10.9. The summed E-state index contributed by atoms with van der Waals surface area (Å²) in [5.74, 6) is -0.151. The van der Waals surface area contributed by atoms with Gasteiger partial charge in [-0.2, -0.15) is 0 Å². The van der Waals surface area contributed by atoms with Crippen molar-refractivity contribution >= 4 is 18.4 Å². The molecule has 4 heteroatoms. The molecular formula is C8H14ClNO2. The quantitative estimate of drug-likeness (QED) is 0.708. The molecule has 0 spiro atoms. The van der Waals surface area contributed by atoms with Crippen molar-refractivity contribution in [2.24, 2.45) is 5.92 Å². The molecule has 1 saturated carbocycles. The van der Waals surface area contributed by atoms with Crippen molar-refractivity contribution in [1.29, 1.82) is 0 Å². The van der Waals surface area contributed by atoms with E-state index in [2.05, 4.69) is 4.90 Å². The van der Waals surface area contributed by atoms with Gasteiger partial charge in [-0.25, -0.2) is 0 Å². The molecule has 1 aliphatic carbocycles. The van der Waals surface area contributed by atoms with Gasteiger partial charge in [0, 0.05) is 0 Å².